The van der Waals surface area contributed by atoms with Crippen LogP contribution in [0.2, 0.25) is 0 Å². The number of fused-ring (bicyclic) bond motifs is 5. The summed E-state index contributed by atoms with van der Waals surface area (Å²) in [5.41, 5.74) is 13.9. The van der Waals surface area contributed by atoms with Gasteiger partial charge in [0, 0.05) is 10.8 Å². The van der Waals surface area contributed by atoms with Crippen molar-refractivity contribution >= 4 is 43.5 Å². The Morgan fingerprint density at radius 3 is 1.33 bits per heavy atom. The number of hydrogen-bond acceptors (Lipinski definition) is 1. The second-order valence-electron chi connectivity index (χ2n) is 13.2. The Labute approximate surface area is 296 Å². The predicted octanol–water partition coefficient (Wildman–Crippen LogP) is 14.2. The maximum atomic E-state index is 6.27. The summed E-state index contributed by atoms with van der Waals surface area (Å²) in [6.45, 7) is 0. The summed E-state index contributed by atoms with van der Waals surface area (Å²) in [7, 11) is 0. The molecule has 1 aromatic heterocycles. The third-order valence-electron chi connectivity index (χ3n) is 10.3. The van der Waals surface area contributed by atoms with E-state index in [2.05, 4.69) is 182 Å². The molecule has 1 heterocycles. The number of rotatable bonds is 5. The predicted molar refractivity (Wildman–Crippen MR) is 216 cm³/mol. The molecule has 0 bridgehead atoms. The normalized spacial score (nSPS) is 11.5. The molecule has 51 heavy (non-hydrogen) atoms. The quantitative estimate of drug-likeness (QED) is 0.169. The van der Waals surface area contributed by atoms with Crippen molar-refractivity contribution in [3.05, 3.63) is 194 Å². The molecule has 238 valence electrons. The standard InChI is InChI=1S/C50H32O/c1-3-14-33(15-4-1)34-26-28-35(29-27-34)38-23-13-24-39(37-30-31-47-45(32-37)40-18-11-12-25-46(40)51-47)49(38)50-43-21-9-7-19-41(43)48(36-16-5-2-6-17-36)42-20-8-10-22-44(42)50/h1-32H. The first kappa shape index (κ1) is 29.2. The molecule has 10 rings (SSSR count). The molecule has 0 amide bonds. The van der Waals surface area contributed by atoms with Crippen LogP contribution in [-0.2, 0) is 0 Å². The average Bonchev–Trinajstić information content (AvgIpc) is 3.58. The monoisotopic (exact) mass is 648 g/mol. The summed E-state index contributed by atoms with van der Waals surface area (Å²) < 4.78 is 6.27. The van der Waals surface area contributed by atoms with Crippen LogP contribution in [0.25, 0.3) is 99.1 Å². The Morgan fingerprint density at radius 1 is 0.235 bits per heavy atom. The Kier molecular flexibility index (Phi) is 6.89. The summed E-state index contributed by atoms with van der Waals surface area (Å²) in [4.78, 5) is 0. The van der Waals surface area contributed by atoms with E-state index in [0.29, 0.717) is 0 Å². The fraction of sp³-hybridized carbons (Fsp3) is 0. The highest BCUT2D eigenvalue weighted by Gasteiger charge is 2.22. The van der Waals surface area contributed by atoms with Gasteiger partial charge in [-0.25, -0.2) is 0 Å². The second kappa shape index (κ2) is 12.0. The fourth-order valence-corrected chi connectivity index (χ4v) is 7.98. The van der Waals surface area contributed by atoms with Crippen molar-refractivity contribution in [1.29, 1.82) is 0 Å². The summed E-state index contributed by atoms with van der Waals surface area (Å²) >= 11 is 0. The highest BCUT2D eigenvalue weighted by molar-refractivity contribution is 6.24. The number of para-hydroxylation sites is 1. The molecule has 0 aliphatic rings. The highest BCUT2D eigenvalue weighted by Crippen LogP contribution is 2.49. The van der Waals surface area contributed by atoms with E-state index >= 15 is 0 Å². The van der Waals surface area contributed by atoms with Crippen molar-refractivity contribution in [3.8, 4) is 55.6 Å². The lowest BCUT2D eigenvalue weighted by Gasteiger charge is -2.22. The van der Waals surface area contributed by atoms with Crippen LogP contribution in [0.15, 0.2) is 199 Å². The maximum Gasteiger partial charge on any atom is 0.135 e. The summed E-state index contributed by atoms with van der Waals surface area (Å²) in [6, 6.07) is 70.1. The van der Waals surface area contributed by atoms with Gasteiger partial charge in [0.1, 0.15) is 11.2 Å². The molecule has 0 saturated carbocycles. The maximum absolute atomic E-state index is 6.27. The SMILES string of the molecule is c1ccc(-c2ccc(-c3cccc(-c4ccc5oc6ccccc6c5c4)c3-c3c4ccccc4c(-c4ccccc4)c4ccccc34)cc2)cc1. The van der Waals surface area contributed by atoms with Gasteiger partial charge in [-0.3, -0.25) is 0 Å². The Bertz CT molecular complexity index is 2820. The minimum atomic E-state index is 0.900. The minimum absolute atomic E-state index is 0.900. The zero-order valence-electron chi connectivity index (χ0n) is 27.9. The molecule has 0 aliphatic carbocycles. The Morgan fingerprint density at radius 2 is 0.686 bits per heavy atom. The highest BCUT2D eigenvalue weighted by atomic mass is 16.3. The van der Waals surface area contributed by atoms with Gasteiger partial charge in [-0.05, 0) is 95.4 Å². The fourth-order valence-electron chi connectivity index (χ4n) is 7.98. The zero-order chi connectivity index (χ0) is 33.7. The van der Waals surface area contributed by atoms with E-state index in [4.69, 9.17) is 4.42 Å². The smallest absolute Gasteiger partial charge is 0.135 e. The molecule has 1 nitrogen and oxygen atoms in total. The molecule has 0 spiro atoms. The Hall–Kier alpha value is -6.70. The largest absolute Gasteiger partial charge is 0.456 e. The van der Waals surface area contributed by atoms with Crippen LogP contribution in [0, 0.1) is 0 Å². The molecule has 1 heteroatoms. The second-order valence-corrected chi connectivity index (χ2v) is 13.2. The summed E-state index contributed by atoms with van der Waals surface area (Å²) in [5, 5.41) is 7.22. The lowest BCUT2D eigenvalue weighted by molar-refractivity contribution is 0.669. The van der Waals surface area contributed by atoms with Gasteiger partial charge >= 0.3 is 0 Å². The molecular weight excluding hydrogens is 617 g/mol. The van der Waals surface area contributed by atoms with Gasteiger partial charge in [0.15, 0.2) is 0 Å². The van der Waals surface area contributed by atoms with Crippen molar-refractivity contribution in [2.75, 3.05) is 0 Å². The molecule has 0 N–H and O–H groups in total. The van der Waals surface area contributed by atoms with Gasteiger partial charge < -0.3 is 4.42 Å². The van der Waals surface area contributed by atoms with Crippen molar-refractivity contribution in [1.82, 2.24) is 0 Å². The van der Waals surface area contributed by atoms with Crippen molar-refractivity contribution in [2.45, 2.75) is 0 Å². The van der Waals surface area contributed by atoms with Crippen LogP contribution in [0.1, 0.15) is 0 Å². The van der Waals surface area contributed by atoms with E-state index in [9.17, 15) is 0 Å². The molecule has 0 radical (unpaired) electrons. The van der Waals surface area contributed by atoms with E-state index in [1.165, 1.54) is 71.6 Å². The lowest BCUT2D eigenvalue weighted by atomic mass is 9.81. The Balaban J connectivity index is 1.31. The van der Waals surface area contributed by atoms with E-state index < -0.39 is 0 Å². The number of hydrogen-bond donors (Lipinski definition) is 0. The first-order chi connectivity index (χ1) is 25.3. The number of benzene rings is 9. The van der Waals surface area contributed by atoms with Crippen molar-refractivity contribution in [2.24, 2.45) is 0 Å². The zero-order valence-corrected chi connectivity index (χ0v) is 27.9. The van der Waals surface area contributed by atoms with Crippen LogP contribution in [0.3, 0.4) is 0 Å². The van der Waals surface area contributed by atoms with Crippen LogP contribution >= 0.6 is 0 Å². The van der Waals surface area contributed by atoms with Crippen LogP contribution < -0.4 is 0 Å². The van der Waals surface area contributed by atoms with Crippen molar-refractivity contribution in [3.63, 3.8) is 0 Å². The average molecular weight is 649 g/mol. The van der Waals surface area contributed by atoms with Crippen LogP contribution in [0.5, 0.6) is 0 Å². The minimum Gasteiger partial charge on any atom is -0.456 e. The van der Waals surface area contributed by atoms with E-state index in [1.807, 2.05) is 12.1 Å². The molecule has 0 atom stereocenters. The van der Waals surface area contributed by atoms with Gasteiger partial charge in [0.2, 0.25) is 0 Å². The van der Waals surface area contributed by atoms with Crippen LogP contribution in [-0.4, -0.2) is 0 Å². The molecule has 0 unspecified atom stereocenters. The van der Waals surface area contributed by atoms with Gasteiger partial charge in [0.05, 0.1) is 0 Å². The first-order valence-electron chi connectivity index (χ1n) is 17.5. The molecule has 0 fully saturated rings. The van der Waals surface area contributed by atoms with Crippen LogP contribution in [0.4, 0.5) is 0 Å². The topological polar surface area (TPSA) is 13.1 Å². The lowest BCUT2D eigenvalue weighted by Crippen LogP contribution is -1.95. The van der Waals surface area contributed by atoms with Gasteiger partial charge in [-0.2, -0.15) is 0 Å². The van der Waals surface area contributed by atoms with E-state index in [-0.39, 0.29) is 0 Å². The summed E-state index contributed by atoms with van der Waals surface area (Å²) in [5.74, 6) is 0. The first-order valence-corrected chi connectivity index (χ1v) is 17.5. The van der Waals surface area contributed by atoms with Crippen molar-refractivity contribution < 1.29 is 4.42 Å². The molecule has 9 aromatic carbocycles. The van der Waals surface area contributed by atoms with Gasteiger partial charge in [0.25, 0.3) is 0 Å². The molecule has 10 aromatic rings. The van der Waals surface area contributed by atoms with E-state index in [1.54, 1.807) is 0 Å². The van der Waals surface area contributed by atoms with E-state index in [0.717, 1.165) is 27.5 Å². The molecule has 0 saturated heterocycles. The molecular formula is C50H32O. The summed E-state index contributed by atoms with van der Waals surface area (Å²) in [6.07, 6.45) is 0. The number of furan rings is 1. The third-order valence-corrected chi connectivity index (χ3v) is 10.3. The van der Waals surface area contributed by atoms with Gasteiger partial charge in [-0.1, -0.05) is 176 Å². The third kappa shape index (κ3) is 4.86. The van der Waals surface area contributed by atoms with Gasteiger partial charge in [-0.15, -0.1) is 0 Å². The molecule has 0 aliphatic heterocycles.